The summed E-state index contributed by atoms with van der Waals surface area (Å²) in [7, 11) is 0. The number of hydrogen-bond donors (Lipinski definition) is 4. The molecule has 0 radical (unpaired) electrons. The lowest BCUT2D eigenvalue weighted by Gasteiger charge is -2.26. The first-order valence-electron chi connectivity index (χ1n) is 3.10. The molecule has 1 saturated heterocycles. The van der Waals surface area contributed by atoms with E-state index in [-0.39, 0.29) is 18.8 Å². The van der Waals surface area contributed by atoms with Crippen molar-refractivity contribution < 1.29 is 10.2 Å². The first kappa shape index (κ1) is 6.95. The lowest BCUT2D eigenvalue weighted by Crippen LogP contribution is -2.53. The van der Waals surface area contributed by atoms with Gasteiger partial charge in [0.15, 0.2) is 0 Å². The highest BCUT2D eigenvalue weighted by Crippen LogP contribution is 1.99. The minimum Gasteiger partial charge on any atom is -0.395 e. The molecule has 0 aromatic heterocycles. The zero-order chi connectivity index (χ0) is 6.69. The predicted octanol–water partition coefficient (Wildman–Crippen LogP) is -1.79. The van der Waals surface area contributed by atoms with Gasteiger partial charge in [-0.3, -0.25) is 10.9 Å². The molecule has 1 aliphatic rings. The van der Waals surface area contributed by atoms with Crippen LogP contribution in [0.5, 0.6) is 0 Å². The number of aliphatic hydroxyl groups excluding tert-OH is 2. The molecule has 9 heavy (non-hydrogen) atoms. The van der Waals surface area contributed by atoms with Crippen molar-refractivity contribution in [2.24, 2.45) is 0 Å². The topological polar surface area (TPSA) is 64.5 Å². The summed E-state index contributed by atoms with van der Waals surface area (Å²) < 4.78 is 0. The van der Waals surface area contributed by atoms with Gasteiger partial charge >= 0.3 is 0 Å². The zero-order valence-corrected chi connectivity index (χ0v) is 5.17. The van der Waals surface area contributed by atoms with Gasteiger partial charge in [0.05, 0.1) is 12.7 Å². The number of β-amino-alcohol motifs (C(OH)–C–C–N with tert-alkyl or cyclic N) is 1. The summed E-state index contributed by atoms with van der Waals surface area (Å²) in [6.07, 6.45) is 0.312. The van der Waals surface area contributed by atoms with Gasteiger partial charge in [-0.2, -0.15) is 0 Å². The van der Waals surface area contributed by atoms with Gasteiger partial charge < -0.3 is 10.2 Å². The molecule has 0 saturated carbocycles. The summed E-state index contributed by atoms with van der Waals surface area (Å²) in [6, 6.07) is 0.00810. The Bertz CT molecular complexity index is 89.0. The number of hydrogen-bond acceptors (Lipinski definition) is 4. The number of rotatable bonds is 1. The zero-order valence-electron chi connectivity index (χ0n) is 5.17. The average molecular weight is 132 g/mol. The maximum atomic E-state index is 9.00. The van der Waals surface area contributed by atoms with Crippen LogP contribution in [0.15, 0.2) is 0 Å². The maximum Gasteiger partial charge on any atom is 0.0694 e. The Balaban J connectivity index is 2.23. The van der Waals surface area contributed by atoms with Crippen LogP contribution < -0.4 is 10.9 Å². The molecule has 0 aliphatic carbocycles. The fraction of sp³-hybridized carbons (Fsp3) is 1.00. The smallest absolute Gasteiger partial charge is 0.0694 e. The van der Waals surface area contributed by atoms with Gasteiger partial charge in [0, 0.05) is 12.6 Å². The second-order valence-electron chi connectivity index (χ2n) is 2.29. The van der Waals surface area contributed by atoms with Crippen LogP contribution in [-0.2, 0) is 0 Å². The van der Waals surface area contributed by atoms with Crippen LogP contribution in [0.2, 0.25) is 0 Å². The van der Waals surface area contributed by atoms with Gasteiger partial charge in [0.2, 0.25) is 0 Å². The molecule has 1 fully saturated rings. The third-order valence-electron chi connectivity index (χ3n) is 1.42. The first-order chi connectivity index (χ1) is 4.33. The van der Waals surface area contributed by atoms with E-state index < -0.39 is 0 Å². The van der Waals surface area contributed by atoms with Crippen molar-refractivity contribution in [3.8, 4) is 0 Å². The van der Waals surface area contributed by atoms with Crippen LogP contribution in [0, 0.1) is 0 Å². The van der Waals surface area contributed by atoms with Crippen LogP contribution in [0.4, 0.5) is 0 Å². The van der Waals surface area contributed by atoms with E-state index in [1.54, 1.807) is 0 Å². The molecule has 0 bridgehead atoms. The Morgan fingerprint density at radius 2 is 2.33 bits per heavy atom. The van der Waals surface area contributed by atoms with Crippen LogP contribution in [0.1, 0.15) is 6.42 Å². The molecule has 0 unspecified atom stereocenters. The highest BCUT2D eigenvalue weighted by Gasteiger charge is 2.17. The molecule has 1 heterocycles. The van der Waals surface area contributed by atoms with E-state index in [1.165, 1.54) is 0 Å². The van der Waals surface area contributed by atoms with Crippen LogP contribution in [-0.4, -0.2) is 35.5 Å². The third kappa shape index (κ3) is 1.91. The molecule has 0 aromatic rings. The summed E-state index contributed by atoms with van der Waals surface area (Å²) in [5, 5.41) is 17.6. The molecule has 0 spiro atoms. The highest BCUT2D eigenvalue weighted by molar-refractivity contribution is 4.74. The fourth-order valence-electron chi connectivity index (χ4n) is 0.912. The lowest BCUT2D eigenvalue weighted by molar-refractivity contribution is 0.0864. The average Bonchev–Trinajstić information content (AvgIpc) is 1.88. The minimum atomic E-state index is -0.316. The van der Waals surface area contributed by atoms with Crippen molar-refractivity contribution in [1.29, 1.82) is 0 Å². The summed E-state index contributed by atoms with van der Waals surface area (Å²) in [6.45, 7) is 0.639. The van der Waals surface area contributed by atoms with Crippen molar-refractivity contribution >= 4 is 0 Å². The van der Waals surface area contributed by atoms with Gasteiger partial charge in [0.1, 0.15) is 0 Å². The van der Waals surface area contributed by atoms with Crippen molar-refractivity contribution in [3.63, 3.8) is 0 Å². The van der Waals surface area contributed by atoms with Crippen molar-refractivity contribution in [2.45, 2.75) is 18.6 Å². The molecule has 4 N–H and O–H groups in total. The number of aliphatic hydroxyl groups is 2. The van der Waals surface area contributed by atoms with Gasteiger partial charge in [-0.1, -0.05) is 0 Å². The van der Waals surface area contributed by atoms with E-state index in [2.05, 4.69) is 10.9 Å². The maximum absolute atomic E-state index is 9.00. The Hall–Kier alpha value is -0.160. The Morgan fingerprint density at radius 3 is 2.78 bits per heavy atom. The van der Waals surface area contributed by atoms with E-state index in [4.69, 9.17) is 10.2 Å². The molecule has 1 rings (SSSR count). The highest BCUT2D eigenvalue weighted by atomic mass is 16.3. The number of nitrogens with one attached hydrogen (secondary N) is 2. The van der Waals surface area contributed by atoms with E-state index in [0.717, 1.165) is 0 Å². The molecule has 0 amide bonds. The molecule has 4 nitrogen and oxygen atoms in total. The minimum absolute atomic E-state index is 0.00810. The number of hydrazine groups is 1. The fourth-order valence-corrected chi connectivity index (χ4v) is 0.912. The van der Waals surface area contributed by atoms with Gasteiger partial charge in [-0.25, -0.2) is 0 Å². The van der Waals surface area contributed by atoms with E-state index in [1.807, 2.05) is 0 Å². The van der Waals surface area contributed by atoms with E-state index >= 15 is 0 Å². The Kier molecular flexibility index (Phi) is 2.41. The SMILES string of the molecule is OC[C@@H]1C[C@H](O)CNN1. The van der Waals surface area contributed by atoms with Gasteiger partial charge in [-0.15, -0.1) is 0 Å². The molecule has 1 aliphatic heterocycles. The second kappa shape index (κ2) is 3.12. The Labute approximate surface area is 53.9 Å². The van der Waals surface area contributed by atoms with Gasteiger partial charge in [0.25, 0.3) is 0 Å². The van der Waals surface area contributed by atoms with Crippen LogP contribution in [0.3, 0.4) is 0 Å². The quantitative estimate of drug-likeness (QED) is 0.340. The normalized spacial score (nSPS) is 36.7. The van der Waals surface area contributed by atoms with Crippen molar-refractivity contribution in [2.75, 3.05) is 13.2 Å². The molecule has 54 valence electrons. The standard InChI is InChI=1S/C5H12N2O2/c8-3-4-1-5(9)2-6-7-4/h4-9H,1-3H2/t4-,5-/m0/s1. The Morgan fingerprint density at radius 1 is 1.56 bits per heavy atom. The molecular weight excluding hydrogens is 120 g/mol. The van der Waals surface area contributed by atoms with Crippen LogP contribution in [0.25, 0.3) is 0 Å². The third-order valence-corrected chi connectivity index (χ3v) is 1.42. The molecular formula is C5H12N2O2. The first-order valence-corrected chi connectivity index (χ1v) is 3.10. The molecule has 2 atom stereocenters. The largest absolute Gasteiger partial charge is 0.395 e. The summed E-state index contributed by atoms with van der Waals surface area (Å²) in [5.74, 6) is 0. The molecule has 0 aromatic carbocycles. The lowest BCUT2D eigenvalue weighted by atomic mass is 10.1. The second-order valence-corrected chi connectivity index (χ2v) is 2.29. The monoisotopic (exact) mass is 132 g/mol. The van der Waals surface area contributed by atoms with E-state index in [0.29, 0.717) is 13.0 Å². The molecule has 4 heteroatoms. The summed E-state index contributed by atoms with van der Waals surface area (Å²) in [5.41, 5.74) is 5.61. The summed E-state index contributed by atoms with van der Waals surface area (Å²) >= 11 is 0. The summed E-state index contributed by atoms with van der Waals surface area (Å²) in [4.78, 5) is 0. The van der Waals surface area contributed by atoms with Crippen molar-refractivity contribution in [1.82, 2.24) is 10.9 Å². The van der Waals surface area contributed by atoms with E-state index in [9.17, 15) is 0 Å². The van der Waals surface area contributed by atoms with Crippen molar-refractivity contribution in [3.05, 3.63) is 0 Å². The predicted molar refractivity (Wildman–Crippen MR) is 32.6 cm³/mol. The van der Waals surface area contributed by atoms with Crippen LogP contribution >= 0.6 is 0 Å². The van der Waals surface area contributed by atoms with Gasteiger partial charge in [-0.05, 0) is 6.42 Å².